The fraction of sp³-hybridized carbons (Fsp3) is 0.407. The molecule has 2 amide bonds. The minimum absolute atomic E-state index is 0.00640. The van der Waals surface area contributed by atoms with Crippen molar-refractivity contribution in [3.05, 3.63) is 65.4 Å². The lowest BCUT2D eigenvalue weighted by atomic mass is 10.1. The van der Waals surface area contributed by atoms with Crippen molar-refractivity contribution in [1.82, 2.24) is 16.0 Å². The first-order valence-corrected chi connectivity index (χ1v) is 14.7. The van der Waals surface area contributed by atoms with Crippen molar-refractivity contribution < 1.29 is 42.2 Å². The van der Waals surface area contributed by atoms with Gasteiger partial charge >= 0.3 is 10.9 Å². The molecule has 14 heteroatoms. The Kier molecular flexibility index (Phi) is 12.4. The number of unbranched alkanes of at least 4 members (excludes halogenated alkanes) is 3. The highest BCUT2D eigenvalue weighted by atomic mass is 32.2. The number of benzene rings is 2. The molecule has 13 nitrogen and oxygen atoms in total. The highest BCUT2D eigenvalue weighted by Crippen LogP contribution is 2.25. The van der Waals surface area contributed by atoms with Gasteiger partial charge in [0.05, 0.1) is 23.3 Å². The van der Waals surface area contributed by atoms with Crippen molar-refractivity contribution in [3.8, 4) is 11.6 Å². The van der Waals surface area contributed by atoms with Crippen LogP contribution < -0.4 is 25.2 Å². The van der Waals surface area contributed by atoms with Gasteiger partial charge in [0.25, 0.3) is 9.84 Å². The van der Waals surface area contributed by atoms with E-state index < -0.39 is 20.7 Å². The van der Waals surface area contributed by atoms with Gasteiger partial charge in [-0.2, -0.15) is 0 Å². The summed E-state index contributed by atoms with van der Waals surface area (Å²) in [6.45, 7) is 0.859. The maximum atomic E-state index is 12.8. The highest BCUT2D eigenvalue weighted by Gasteiger charge is 2.35. The first-order chi connectivity index (χ1) is 19.8. The van der Waals surface area contributed by atoms with E-state index in [1.165, 1.54) is 24.3 Å². The van der Waals surface area contributed by atoms with Gasteiger partial charge in [-0.3, -0.25) is 19.4 Å². The van der Waals surface area contributed by atoms with E-state index in [2.05, 4.69) is 15.1 Å². The number of carbonyl (C=O) groups excluding carboxylic acids is 2. The van der Waals surface area contributed by atoms with Crippen molar-refractivity contribution in [1.29, 1.82) is 0 Å². The minimum Gasteiger partial charge on any atom is -0.494 e. The summed E-state index contributed by atoms with van der Waals surface area (Å²) in [6.07, 6.45) is 4.88. The van der Waals surface area contributed by atoms with E-state index >= 15 is 0 Å². The zero-order chi connectivity index (χ0) is 29.5. The molecule has 0 aliphatic carbocycles. The third-order valence-electron chi connectivity index (χ3n) is 5.99. The summed E-state index contributed by atoms with van der Waals surface area (Å²) in [5, 5.41) is 25.8. The van der Waals surface area contributed by atoms with E-state index in [0.717, 1.165) is 37.0 Å². The topological polar surface area (TPSA) is 184 Å². The Labute approximate surface area is 237 Å². The van der Waals surface area contributed by atoms with Crippen molar-refractivity contribution in [2.24, 2.45) is 0 Å². The summed E-state index contributed by atoms with van der Waals surface area (Å²) >= 11 is 0. The van der Waals surface area contributed by atoms with Crippen LogP contribution in [0.4, 0.5) is 0 Å². The van der Waals surface area contributed by atoms with Gasteiger partial charge < -0.3 is 20.0 Å². The van der Waals surface area contributed by atoms with Crippen LogP contribution in [0.5, 0.6) is 11.6 Å². The van der Waals surface area contributed by atoms with Crippen LogP contribution in [0, 0.1) is 5.21 Å². The standard InChI is InChI=1S/C27H34N4O9S/c32-24(17-14-21-12-15-22(16-13-21)38-19-7-2-1-6-11-25(33)29-34)28-18-8-20-39-26-27(31(35)40-30-26)41(36,37)23-9-4-3-5-10-23/h3-5,9-10,12-13,15-16,34H,1-2,6-8,11,14,17-20H2,(H,28,32)(H,29,33). The Bertz CT molecular complexity index is 1350. The maximum absolute atomic E-state index is 12.8. The maximum Gasteiger partial charge on any atom is 0.414 e. The second-order valence-electron chi connectivity index (χ2n) is 9.10. The van der Waals surface area contributed by atoms with Crippen LogP contribution in [0.15, 0.2) is 69.1 Å². The molecule has 0 saturated heterocycles. The molecule has 3 aromatic rings. The predicted molar refractivity (Wildman–Crippen MR) is 144 cm³/mol. The van der Waals surface area contributed by atoms with Crippen LogP contribution in [0.1, 0.15) is 50.5 Å². The molecule has 0 aliphatic heterocycles. The number of sulfone groups is 1. The largest absolute Gasteiger partial charge is 0.494 e. The first kappa shape index (κ1) is 31.4. The quantitative estimate of drug-likeness (QED) is 0.0861. The average Bonchev–Trinajstić information content (AvgIpc) is 3.37. The van der Waals surface area contributed by atoms with E-state index in [4.69, 9.17) is 14.7 Å². The summed E-state index contributed by atoms with van der Waals surface area (Å²) in [5.74, 6) is -0.213. The molecule has 2 aromatic carbocycles. The molecule has 3 rings (SSSR count). The normalized spacial score (nSPS) is 11.1. The Morgan fingerprint density at radius 1 is 0.902 bits per heavy atom. The van der Waals surface area contributed by atoms with Gasteiger partial charge in [0.1, 0.15) is 5.75 Å². The molecule has 0 unspecified atom stereocenters. The molecule has 0 saturated carbocycles. The van der Waals surface area contributed by atoms with Crippen molar-refractivity contribution >= 4 is 21.7 Å². The van der Waals surface area contributed by atoms with Gasteiger partial charge in [-0.25, -0.2) is 13.9 Å². The smallest absolute Gasteiger partial charge is 0.414 e. The summed E-state index contributed by atoms with van der Waals surface area (Å²) < 4.78 is 41.0. The molecular weight excluding hydrogens is 556 g/mol. The molecule has 0 aliphatic rings. The Morgan fingerprint density at radius 2 is 1.61 bits per heavy atom. The number of ether oxygens (including phenoxy) is 2. The number of nitrogens with one attached hydrogen (secondary N) is 2. The summed E-state index contributed by atoms with van der Waals surface area (Å²) in [7, 11) is -4.19. The molecule has 222 valence electrons. The zero-order valence-corrected chi connectivity index (χ0v) is 23.3. The molecule has 0 radical (unpaired) electrons. The molecule has 41 heavy (non-hydrogen) atoms. The lowest BCUT2D eigenvalue weighted by molar-refractivity contribution is -0.832. The average molecular weight is 591 g/mol. The number of aromatic nitrogens is 2. The van der Waals surface area contributed by atoms with Crippen LogP contribution in [-0.4, -0.2) is 50.4 Å². The molecule has 0 spiro atoms. The zero-order valence-electron chi connectivity index (χ0n) is 22.5. The fourth-order valence-electron chi connectivity index (χ4n) is 3.80. The molecule has 0 bridgehead atoms. The minimum atomic E-state index is -4.19. The second-order valence-corrected chi connectivity index (χ2v) is 11.0. The van der Waals surface area contributed by atoms with E-state index in [1.54, 1.807) is 11.5 Å². The van der Waals surface area contributed by atoms with Crippen molar-refractivity contribution in [3.63, 3.8) is 0 Å². The third kappa shape index (κ3) is 10.1. The van der Waals surface area contributed by atoms with E-state index in [9.17, 15) is 23.2 Å². The predicted octanol–water partition coefficient (Wildman–Crippen LogP) is 2.49. The first-order valence-electron chi connectivity index (χ1n) is 13.3. The van der Waals surface area contributed by atoms with Crippen LogP contribution in [-0.2, 0) is 25.8 Å². The fourth-order valence-corrected chi connectivity index (χ4v) is 5.09. The molecule has 1 heterocycles. The number of hydrogen-bond donors (Lipinski definition) is 3. The SMILES string of the molecule is O=C(CCCCCCOc1ccc(CCC(=O)NCCCOc2no[n+]([O-])c2S(=O)(=O)c2ccccc2)cc1)NO. The van der Waals surface area contributed by atoms with Gasteiger partial charge in [-0.1, -0.05) is 43.2 Å². The van der Waals surface area contributed by atoms with Gasteiger partial charge in [-0.15, -0.1) is 0 Å². The number of nitrogens with zero attached hydrogens (tertiary/aromatic N) is 2. The molecule has 1 aromatic heterocycles. The van der Waals surface area contributed by atoms with Gasteiger partial charge in [-0.05, 0) is 60.4 Å². The van der Waals surface area contributed by atoms with Crippen LogP contribution in [0.2, 0.25) is 0 Å². The lowest BCUT2D eigenvalue weighted by Crippen LogP contribution is -2.31. The Morgan fingerprint density at radius 3 is 2.34 bits per heavy atom. The summed E-state index contributed by atoms with van der Waals surface area (Å²) in [5.41, 5.74) is 2.61. The highest BCUT2D eigenvalue weighted by molar-refractivity contribution is 7.91. The lowest BCUT2D eigenvalue weighted by Gasteiger charge is -2.08. The van der Waals surface area contributed by atoms with Crippen molar-refractivity contribution in [2.75, 3.05) is 19.8 Å². The number of hydroxylamine groups is 1. The van der Waals surface area contributed by atoms with Gasteiger partial charge in [0, 0.05) is 19.4 Å². The van der Waals surface area contributed by atoms with E-state index in [-0.39, 0.29) is 41.2 Å². The summed E-state index contributed by atoms with van der Waals surface area (Å²) in [6, 6.07) is 14.9. The van der Waals surface area contributed by atoms with Crippen molar-refractivity contribution in [2.45, 2.75) is 61.3 Å². The van der Waals surface area contributed by atoms with E-state index in [0.29, 0.717) is 25.9 Å². The molecule has 0 atom stereocenters. The molecular formula is C27H34N4O9S. The Balaban J connectivity index is 1.30. The Hall–Kier alpha value is -4.17. The van der Waals surface area contributed by atoms with Crippen LogP contribution in [0.25, 0.3) is 0 Å². The number of hydrogen-bond acceptors (Lipinski definition) is 10. The second kappa shape index (κ2) is 16.2. The van der Waals surface area contributed by atoms with E-state index in [1.807, 2.05) is 24.3 Å². The van der Waals surface area contributed by atoms with Crippen LogP contribution in [0.3, 0.4) is 0 Å². The van der Waals surface area contributed by atoms with Crippen LogP contribution >= 0.6 is 0 Å². The number of carbonyl (C=O) groups is 2. The summed E-state index contributed by atoms with van der Waals surface area (Å²) in [4.78, 5) is 22.8. The number of aryl methyl sites for hydroxylation is 1. The number of rotatable bonds is 18. The van der Waals surface area contributed by atoms with Gasteiger partial charge in [0.15, 0.2) is 0 Å². The third-order valence-corrected chi connectivity index (χ3v) is 7.72. The monoisotopic (exact) mass is 590 g/mol. The molecule has 0 fully saturated rings. The molecule has 3 N–H and O–H groups in total. The van der Waals surface area contributed by atoms with Gasteiger partial charge in [0.2, 0.25) is 11.8 Å². The number of amides is 2.